The van der Waals surface area contributed by atoms with E-state index in [1.807, 2.05) is 127 Å². The number of hydrogen-bond acceptors (Lipinski definition) is 10. The van der Waals surface area contributed by atoms with E-state index in [1.54, 1.807) is 6.20 Å². The van der Waals surface area contributed by atoms with Gasteiger partial charge in [-0.15, -0.1) is 0 Å². The Labute approximate surface area is 588 Å². The molecular formula is C85H55AlCuN11O. The predicted octanol–water partition coefficient (Wildman–Crippen LogP) is 20.2. The summed E-state index contributed by atoms with van der Waals surface area (Å²) in [7, 11) is 0. The van der Waals surface area contributed by atoms with Gasteiger partial charge in [0.15, 0.2) is 0 Å². The minimum absolute atomic E-state index is 0. The normalized spacial score (nSPS) is 11.2. The number of benzene rings is 13. The number of hydrogen-bond donors (Lipinski definition) is 0. The van der Waals surface area contributed by atoms with E-state index in [-0.39, 0.29) is 17.1 Å². The maximum atomic E-state index is 5.19. The molecule has 19 rings (SSSR count). The maximum Gasteiger partial charge on any atom is 2.00 e. The van der Waals surface area contributed by atoms with E-state index < -0.39 is 0 Å². The van der Waals surface area contributed by atoms with Crippen LogP contribution in [0.3, 0.4) is 0 Å². The predicted molar refractivity (Wildman–Crippen MR) is 400 cm³/mol. The summed E-state index contributed by atoms with van der Waals surface area (Å²) in [5.41, 5.74) is 15.9. The van der Waals surface area contributed by atoms with Crippen LogP contribution in [-0.4, -0.2) is 51.5 Å². The van der Waals surface area contributed by atoms with Crippen LogP contribution in [0, 0.1) is 0 Å². The van der Waals surface area contributed by atoms with Gasteiger partial charge in [0.1, 0.15) is 11.3 Å². The molecule has 17 aromatic rings. The van der Waals surface area contributed by atoms with Crippen LogP contribution < -0.4 is 23.6 Å². The third-order valence-electron chi connectivity index (χ3n) is 17.7. The molecule has 6 heterocycles. The van der Waals surface area contributed by atoms with Crippen LogP contribution in [-0.2, 0) is 17.1 Å². The van der Waals surface area contributed by atoms with Gasteiger partial charge in [0.05, 0.1) is 34.7 Å². The fraction of sp³-hybridized carbons (Fsp3) is 0. The zero-order chi connectivity index (χ0) is 65.3. The van der Waals surface area contributed by atoms with Gasteiger partial charge in [-0.25, -0.2) is 9.97 Å². The first-order valence-corrected chi connectivity index (χ1v) is 32.8. The van der Waals surface area contributed by atoms with Crippen molar-refractivity contribution >= 4 is 127 Å². The van der Waals surface area contributed by atoms with Crippen LogP contribution >= 0.6 is 0 Å². The molecule has 2 radical (unpaired) electrons. The van der Waals surface area contributed by atoms with Crippen molar-refractivity contribution in [2.24, 2.45) is 0 Å². The molecule has 0 saturated heterocycles. The van der Waals surface area contributed by atoms with Gasteiger partial charge in [-0.3, -0.25) is 4.98 Å². The Balaban J connectivity index is 0.000000132. The van der Waals surface area contributed by atoms with Gasteiger partial charge in [-0.1, -0.05) is 249 Å². The van der Waals surface area contributed by atoms with E-state index in [0.29, 0.717) is 45.9 Å². The summed E-state index contributed by atoms with van der Waals surface area (Å²) in [5, 5.41) is 9.59. The average Bonchev–Trinajstić information content (AvgIpc) is 1.74. The van der Waals surface area contributed by atoms with Crippen molar-refractivity contribution in [2.45, 2.75) is 0 Å². The van der Waals surface area contributed by atoms with E-state index in [9.17, 15) is 0 Å². The van der Waals surface area contributed by atoms with Crippen molar-refractivity contribution in [3.63, 3.8) is 0 Å². The zero-order valence-corrected chi connectivity index (χ0v) is 55.4. The topological polar surface area (TPSA) is 134 Å². The van der Waals surface area contributed by atoms with Gasteiger partial charge >= 0.3 is 33.7 Å². The van der Waals surface area contributed by atoms with E-state index in [2.05, 4.69) is 209 Å². The largest absolute Gasteiger partial charge is 2.00 e. The van der Waals surface area contributed by atoms with Crippen LogP contribution in [0.4, 0.5) is 34.1 Å². The molecule has 99 heavy (non-hydrogen) atoms. The molecule has 0 aliphatic carbocycles. The molecule has 0 unspecified atom stereocenters. The molecule has 470 valence electrons. The molecule has 0 N–H and O–H groups in total. The fourth-order valence-corrected chi connectivity index (χ4v) is 13.3. The minimum Gasteiger partial charge on any atom is -0.649 e. The average molecular weight is 1340 g/mol. The summed E-state index contributed by atoms with van der Waals surface area (Å²) in [6, 6.07) is 111. The molecule has 2 aliphatic heterocycles. The van der Waals surface area contributed by atoms with Crippen LogP contribution in [0.2, 0.25) is 0 Å². The molecule has 12 nitrogen and oxygen atoms in total. The quantitative estimate of drug-likeness (QED) is 0.134. The van der Waals surface area contributed by atoms with Crippen LogP contribution in [0.5, 0.6) is 5.75 Å². The molecular weight excluding hydrogens is 1280 g/mol. The first kappa shape index (κ1) is 61.5. The number of aromatic nitrogens is 9. The summed E-state index contributed by atoms with van der Waals surface area (Å²) < 4.78 is 5.19. The summed E-state index contributed by atoms with van der Waals surface area (Å²) in [6.07, 6.45) is 1.77. The van der Waals surface area contributed by atoms with E-state index >= 15 is 0 Å². The van der Waals surface area contributed by atoms with E-state index in [4.69, 9.17) is 43.7 Å². The van der Waals surface area contributed by atoms with E-state index in [1.165, 1.54) is 49.3 Å². The number of nitrogens with zero attached hydrogens (tertiary/aromatic N) is 11. The Bertz CT molecular complexity index is 5530. The Morgan fingerprint density at radius 3 is 0.980 bits per heavy atom. The minimum atomic E-state index is 0. The summed E-state index contributed by atoms with van der Waals surface area (Å²) in [4.78, 5) is 48.2. The molecule has 4 aromatic heterocycles. The van der Waals surface area contributed by atoms with Crippen LogP contribution in [0.1, 0.15) is 0 Å². The van der Waals surface area contributed by atoms with E-state index in [0.717, 1.165) is 94.6 Å². The van der Waals surface area contributed by atoms with Crippen molar-refractivity contribution in [3.05, 3.63) is 328 Å². The van der Waals surface area contributed by atoms with Crippen LogP contribution in [0.25, 0.3) is 133 Å². The van der Waals surface area contributed by atoms with Crippen molar-refractivity contribution in [3.8, 4) is 62.4 Å². The second-order valence-corrected chi connectivity index (χ2v) is 23.9. The Hall–Kier alpha value is -12.4. The third kappa shape index (κ3) is 11.9. The molecule has 0 saturated carbocycles. The Morgan fingerprint density at radius 1 is 0.273 bits per heavy atom. The monoisotopic (exact) mass is 1340 g/mol. The summed E-state index contributed by atoms with van der Waals surface area (Å²) in [5.74, 6) is 3.05. The molecule has 0 atom stereocenters. The zero-order valence-electron chi connectivity index (χ0n) is 53.0. The maximum absolute atomic E-state index is 5.19. The Kier molecular flexibility index (Phi) is 16.8. The first-order valence-electron chi connectivity index (χ1n) is 32.3. The molecule has 13 aromatic carbocycles. The van der Waals surface area contributed by atoms with Crippen molar-refractivity contribution < 1.29 is 20.9 Å². The molecule has 2 aliphatic rings. The van der Waals surface area contributed by atoms with Crippen LogP contribution in [0.15, 0.2) is 328 Å². The molecule has 8 bridgehead atoms. The third-order valence-corrected chi connectivity index (χ3v) is 18.0. The van der Waals surface area contributed by atoms with Gasteiger partial charge in [-0.2, -0.15) is 0 Å². The summed E-state index contributed by atoms with van der Waals surface area (Å²) in [6.45, 7) is 0. The van der Waals surface area contributed by atoms with Gasteiger partial charge in [-0.05, 0) is 116 Å². The van der Waals surface area contributed by atoms with Crippen molar-refractivity contribution in [1.82, 2.24) is 44.9 Å². The number of pyridine rings is 1. The smallest absolute Gasteiger partial charge is 0.649 e. The molecule has 0 amide bonds. The SMILES string of the molecule is [AlH][O]c1cccc2cccnc12.[Cu+2].c1ccc(N(c2ccc(-c3ccc(N(c4ccccc4)c4cccc5ccccc45)cc3)cc2)c2cccc3ccccc23)cc1.c1ccc2c(c1)-c1nc-2nc2[n-]c(nc3nc(nc4[n-]c(n1)c1ccccc41)-c1ccccc1-3)c1ccccc21. The number of para-hydroxylation sites is 3. The van der Waals surface area contributed by atoms with Gasteiger partial charge < -0.3 is 43.5 Å². The van der Waals surface area contributed by atoms with Gasteiger partial charge in [0, 0.05) is 89.9 Å². The molecule has 0 fully saturated rings. The number of fused-ring (bicyclic) bond motifs is 23. The van der Waals surface area contributed by atoms with Crippen molar-refractivity contribution in [2.75, 3.05) is 9.80 Å². The second-order valence-electron chi connectivity index (χ2n) is 23.6. The standard InChI is InChI=1S/C44H32N2.C32H16N8.C9H7NO.Al.Cu.H/c1-3-17-37(18-4-1)45(43-23-11-15-35-13-7-9-21-41(35)43)39-29-25-33(26-30-39)34-27-31-40(32-28-34)46(38-19-5-2-6-20-38)44-24-12-16-36-14-8-10-22-42(36)44;1-2-10-18-17(9-1)25-33-26(18)38-28-21-13-5-6-14-22(21)30(35-28)40-32-24-16-8-7-15-23(24)31(36-32)39-29-20-12-4-3-11-19(20)27(34-29)37-25;11-8-5-1-3-7-4-2-6-10-9(7)8;;;/h1-32H;1-16H;1-6,11H;;;/q;-2;;+1;+2;/p-1. The van der Waals surface area contributed by atoms with Crippen molar-refractivity contribution in [1.29, 1.82) is 0 Å². The molecule has 14 heteroatoms. The second kappa shape index (κ2) is 27.0. The summed E-state index contributed by atoms with van der Waals surface area (Å²) >= 11 is 1.47. The number of anilines is 6. The fourth-order valence-electron chi connectivity index (χ4n) is 13.1. The molecule has 0 spiro atoms. The first-order chi connectivity index (χ1) is 48.5. The Morgan fingerprint density at radius 2 is 0.586 bits per heavy atom. The number of rotatable bonds is 8. The van der Waals surface area contributed by atoms with Gasteiger partial charge in [0.2, 0.25) is 0 Å². The van der Waals surface area contributed by atoms with Gasteiger partial charge in [0.25, 0.3) is 0 Å².